The zero-order valence-corrected chi connectivity index (χ0v) is 14.1. The molecule has 0 unspecified atom stereocenters. The molecule has 3 heterocycles. The van der Waals surface area contributed by atoms with Gasteiger partial charge in [-0.2, -0.15) is 0 Å². The van der Waals surface area contributed by atoms with E-state index in [1.54, 1.807) is 12.3 Å². The maximum Gasteiger partial charge on any atom is 0.226 e. The number of carbonyl (C=O) groups is 2. The van der Waals surface area contributed by atoms with Crippen LogP contribution in [0.15, 0.2) is 37.2 Å². The summed E-state index contributed by atoms with van der Waals surface area (Å²) in [6.07, 6.45) is 9.18. The van der Waals surface area contributed by atoms with Crippen molar-refractivity contribution in [2.24, 2.45) is 5.41 Å². The highest BCUT2D eigenvalue weighted by Crippen LogP contribution is 2.39. The molecule has 0 aliphatic carbocycles. The van der Waals surface area contributed by atoms with Crippen molar-refractivity contribution in [2.75, 3.05) is 19.6 Å². The molecular formula is C19H25N3O2. The molecule has 2 fully saturated rings. The van der Waals surface area contributed by atoms with E-state index in [1.807, 2.05) is 28.1 Å². The fourth-order valence-electron chi connectivity index (χ4n) is 3.96. The SMILES string of the molecule is C=CCC(=O)N1CCC[C@]2(CCC(=O)N(Cc3cccnc3)C2)C1. The van der Waals surface area contributed by atoms with Crippen molar-refractivity contribution < 1.29 is 9.59 Å². The number of nitrogens with zero attached hydrogens (tertiary/aromatic N) is 3. The zero-order chi connectivity index (χ0) is 17.0. The minimum Gasteiger partial charge on any atom is -0.342 e. The highest BCUT2D eigenvalue weighted by atomic mass is 16.2. The second kappa shape index (κ2) is 7.16. The van der Waals surface area contributed by atoms with Gasteiger partial charge in [-0.25, -0.2) is 0 Å². The standard InChI is InChI=1S/C19H25N3O2/c1-2-5-17(23)21-11-4-8-19(14-21)9-7-18(24)22(15-19)13-16-6-3-10-20-12-16/h2-3,6,10,12H,1,4-5,7-9,11,13-15H2/t19-/m0/s1. The fraction of sp³-hybridized carbons (Fsp3) is 0.526. The average molecular weight is 327 g/mol. The summed E-state index contributed by atoms with van der Waals surface area (Å²) in [5, 5.41) is 0. The Kier molecular flexibility index (Phi) is 4.97. The summed E-state index contributed by atoms with van der Waals surface area (Å²) < 4.78 is 0. The molecule has 2 amide bonds. The van der Waals surface area contributed by atoms with Gasteiger partial charge in [0, 0.05) is 56.8 Å². The molecule has 3 rings (SSSR count). The predicted molar refractivity (Wildman–Crippen MR) is 91.9 cm³/mol. The van der Waals surface area contributed by atoms with Gasteiger partial charge in [0.25, 0.3) is 0 Å². The highest BCUT2D eigenvalue weighted by molar-refractivity contribution is 5.78. The quantitative estimate of drug-likeness (QED) is 0.798. The number of likely N-dealkylation sites (tertiary alicyclic amines) is 2. The van der Waals surface area contributed by atoms with E-state index in [9.17, 15) is 9.59 Å². The van der Waals surface area contributed by atoms with Crippen LogP contribution in [0.5, 0.6) is 0 Å². The number of pyridine rings is 1. The van der Waals surface area contributed by atoms with Gasteiger partial charge >= 0.3 is 0 Å². The van der Waals surface area contributed by atoms with Crippen molar-refractivity contribution in [1.82, 2.24) is 14.8 Å². The van der Waals surface area contributed by atoms with E-state index >= 15 is 0 Å². The monoisotopic (exact) mass is 327 g/mol. The fourth-order valence-corrected chi connectivity index (χ4v) is 3.96. The second-order valence-electron chi connectivity index (χ2n) is 7.02. The summed E-state index contributed by atoms with van der Waals surface area (Å²) in [5.74, 6) is 0.360. The van der Waals surface area contributed by atoms with E-state index in [-0.39, 0.29) is 17.2 Å². The van der Waals surface area contributed by atoms with Crippen molar-refractivity contribution in [3.05, 3.63) is 42.7 Å². The molecule has 0 bridgehead atoms. The molecule has 0 radical (unpaired) electrons. The lowest BCUT2D eigenvalue weighted by atomic mass is 9.73. The number of carbonyl (C=O) groups excluding carboxylic acids is 2. The van der Waals surface area contributed by atoms with Crippen molar-refractivity contribution in [3.8, 4) is 0 Å². The Morgan fingerprint density at radius 2 is 2.25 bits per heavy atom. The van der Waals surface area contributed by atoms with Crippen LogP contribution in [0.25, 0.3) is 0 Å². The third-order valence-corrected chi connectivity index (χ3v) is 5.18. The van der Waals surface area contributed by atoms with Crippen LogP contribution in [0.1, 0.15) is 37.7 Å². The van der Waals surface area contributed by atoms with Gasteiger partial charge in [0.05, 0.1) is 0 Å². The van der Waals surface area contributed by atoms with Crippen LogP contribution in [-0.2, 0) is 16.1 Å². The zero-order valence-electron chi connectivity index (χ0n) is 14.1. The van der Waals surface area contributed by atoms with Crippen molar-refractivity contribution in [2.45, 2.75) is 38.6 Å². The van der Waals surface area contributed by atoms with E-state index in [0.717, 1.165) is 44.5 Å². The predicted octanol–water partition coefficient (Wildman–Crippen LogP) is 2.39. The van der Waals surface area contributed by atoms with E-state index in [2.05, 4.69) is 11.6 Å². The summed E-state index contributed by atoms with van der Waals surface area (Å²) in [6, 6.07) is 3.90. The largest absolute Gasteiger partial charge is 0.342 e. The number of aromatic nitrogens is 1. The topological polar surface area (TPSA) is 53.5 Å². The molecule has 128 valence electrons. The summed E-state index contributed by atoms with van der Waals surface area (Å²) in [7, 11) is 0. The number of rotatable bonds is 4. The van der Waals surface area contributed by atoms with Gasteiger partial charge in [-0.05, 0) is 30.9 Å². The van der Waals surface area contributed by atoms with Gasteiger partial charge in [0.15, 0.2) is 0 Å². The number of hydrogen-bond donors (Lipinski definition) is 0. The molecule has 2 aliphatic rings. The third kappa shape index (κ3) is 3.66. The normalized spacial score (nSPS) is 24.2. The Morgan fingerprint density at radius 1 is 1.38 bits per heavy atom. The van der Waals surface area contributed by atoms with Crippen LogP contribution >= 0.6 is 0 Å². The van der Waals surface area contributed by atoms with Gasteiger partial charge in [-0.15, -0.1) is 6.58 Å². The van der Waals surface area contributed by atoms with E-state index in [0.29, 0.717) is 19.4 Å². The molecule has 0 aromatic carbocycles. The van der Waals surface area contributed by atoms with Crippen molar-refractivity contribution in [3.63, 3.8) is 0 Å². The number of amides is 2. The first-order valence-corrected chi connectivity index (χ1v) is 8.67. The molecule has 5 nitrogen and oxygen atoms in total. The Bertz CT molecular complexity index is 616. The molecule has 2 saturated heterocycles. The van der Waals surface area contributed by atoms with Crippen LogP contribution in [0, 0.1) is 5.41 Å². The lowest BCUT2D eigenvalue weighted by molar-refractivity contribution is -0.143. The van der Waals surface area contributed by atoms with Crippen LogP contribution in [0.4, 0.5) is 0 Å². The maximum atomic E-state index is 12.4. The molecule has 1 atom stereocenters. The summed E-state index contributed by atoms with van der Waals surface area (Å²) in [4.78, 5) is 32.6. The molecule has 2 aliphatic heterocycles. The van der Waals surface area contributed by atoms with E-state index in [1.165, 1.54) is 0 Å². The first kappa shape index (κ1) is 16.7. The molecular weight excluding hydrogens is 302 g/mol. The minimum atomic E-state index is 0.0468. The molecule has 1 spiro atoms. The Hall–Kier alpha value is -2.17. The first-order valence-electron chi connectivity index (χ1n) is 8.67. The highest BCUT2D eigenvalue weighted by Gasteiger charge is 2.42. The average Bonchev–Trinajstić information content (AvgIpc) is 2.60. The second-order valence-corrected chi connectivity index (χ2v) is 7.02. The number of hydrogen-bond acceptors (Lipinski definition) is 3. The summed E-state index contributed by atoms with van der Waals surface area (Å²) in [5.41, 5.74) is 1.10. The van der Waals surface area contributed by atoms with Gasteiger partial charge < -0.3 is 9.80 Å². The lowest BCUT2D eigenvalue weighted by Crippen LogP contribution is -2.54. The summed E-state index contributed by atoms with van der Waals surface area (Å²) >= 11 is 0. The minimum absolute atomic E-state index is 0.0468. The maximum absolute atomic E-state index is 12.4. The van der Waals surface area contributed by atoms with Gasteiger partial charge in [0.1, 0.15) is 0 Å². The van der Waals surface area contributed by atoms with Crippen LogP contribution < -0.4 is 0 Å². The van der Waals surface area contributed by atoms with Gasteiger partial charge in [-0.1, -0.05) is 12.1 Å². The van der Waals surface area contributed by atoms with E-state index in [4.69, 9.17) is 0 Å². The van der Waals surface area contributed by atoms with Gasteiger partial charge in [-0.3, -0.25) is 14.6 Å². The molecule has 5 heteroatoms. The summed E-state index contributed by atoms with van der Waals surface area (Å²) in [6.45, 7) is 6.59. The molecule has 1 aromatic rings. The molecule has 0 saturated carbocycles. The van der Waals surface area contributed by atoms with Gasteiger partial charge in [0.2, 0.25) is 11.8 Å². The molecule has 1 aromatic heterocycles. The third-order valence-electron chi connectivity index (χ3n) is 5.18. The molecule has 24 heavy (non-hydrogen) atoms. The van der Waals surface area contributed by atoms with E-state index < -0.39 is 0 Å². The van der Waals surface area contributed by atoms with Crippen molar-refractivity contribution >= 4 is 11.8 Å². The smallest absolute Gasteiger partial charge is 0.226 e. The molecule has 0 N–H and O–H groups in total. The Labute approximate surface area is 143 Å². The van der Waals surface area contributed by atoms with Crippen LogP contribution in [0.2, 0.25) is 0 Å². The van der Waals surface area contributed by atoms with Crippen molar-refractivity contribution in [1.29, 1.82) is 0 Å². The van der Waals surface area contributed by atoms with Crippen LogP contribution in [-0.4, -0.2) is 46.2 Å². The Balaban J connectivity index is 1.70. The lowest BCUT2D eigenvalue weighted by Gasteiger charge is -2.48. The van der Waals surface area contributed by atoms with Crippen LogP contribution in [0.3, 0.4) is 0 Å². The number of piperidine rings is 2. The Morgan fingerprint density at radius 3 is 3.00 bits per heavy atom. The first-order chi connectivity index (χ1) is 11.6.